The molecule has 3 unspecified atom stereocenters. The molecular formula is C11H18N2O6. The molecule has 0 radical (unpaired) electrons. The number of aliphatic hydroxyl groups is 1. The van der Waals surface area contributed by atoms with Crippen LogP contribution in [0.15, 0.2) is 0 Å². The Morgan fingerprint density at radius 1 is 1.42 bits per heavy atom. The smallest absolute Gasteiger partial charge is 0.334 e. The zero-order chi connectivity index (χ0) is 14.6. The maximum absolute atomic E-state index is 11.7. The fourth-order valence-corrected chi connectivity index (χ4v) is 1.97. The number of esters is 1. The Morgan fingerprint density at radius 3 is 2.58 bits per heavy atom. The summed E-state index contributed by atoms with van der Waals surface area (Å²) in [5.74, 6) is -2.17. The lowest BCUT2D eigenvalue weighted by molar-refractivity contribution is -0.146. The second-order valence-corrected chi connectivity index (χ2v) is 4.55. The summed E-state index contributed by atoms with van der Waals surface area (Å²) in [7, 11) is 1.29. The van der Waals surface area contributed by atoms with Gasteiger partial charge < -0.3 is 25.2 Å². The van der Waals surface area contributed by atoms with E-state index in [0.29, 0.717) is 6.54 Å². The Bertz CT molecular complexity index is 372. The molecule has 0 spiro atoms. The Morgan fingerprint density at radius 2 is 2.05 bits per heavy atom. The van der Waals surface area contributed by atoms with Crippen molar-refractivity contribution in [2.75, 3.05) is 26.7 Å². The van der Waals surface area contributed by atoms with Crippen LogP contribution in [0.2, 0.25) is 0 Å². The molecule has 0 aromatic rings. The second-order valence-electron chi connectivity index (χ2n) is 4.55. The van der Waals surface area contributed by atoms with Crippen molar-refractivity contribution >= 4 is 18.0 Å². The number of hydrogen-bond donors (Lipinski definition) is 3. The molecule has 2 amide bonds. The minimum absolute atomic E-state index is 0.0254. The molecule has 1 aliphatic rings. The van der Waals surface area contributed by atoms with E-state index in [9.17, 15) is 14.4 Å². The summed E-state index contributed by atoms with van der Waals surface area (Å²) in [4.78, 5) is 35.0. The molecule has 108 valence electrons. The van der Waals surface area contributed by atoms with Gasteiger partial charge in [0.15, 0.2) is 6.10 Å². The molecule has 8 nitrogen and oxygen atoms in total. The largest absolute Gasteiger partial charge is 0.479 e. The minimum Gasteiger partial charge on any atom is -0.479 e. The molecule has 19 heavy (non-hydrogen) atoms. The van der Waals surface area contributed by atoms with Gasteiger partial charge in [-0.1, -0.05) is 6.92 Å². The lowest BCUT2D eigenvalue weighted by Gasteiger charge is -2.17. The van der Waals surface area contributed by atoms with Crippen molar-refractivity contribution in [1.29, 1.82) is 0 Å². The number of carboxylic acid groups (broad SMARTS) is 1. The van der Waals surface area contributed by atoms with Gasteiger partial charge in [-0.2, -0.15) is 0 Å². The van der Waals surface area contributed by atoms with Gasteiger partial charge in [-0.3, -0.25) is 4.79 Å². The van der Waals surface area contributed by atoms with Gasteiger partial charge in [0.2, 0.25) is 0 Å². The number of hydrogen-bond acceptors (Lipinski definition) is 5. The number of carboxylic acids is 1. The summed E-state index contributed by atoms with van der Waals surface area (Å²) in [6.07, 6.45) is -1.64. The first-order valence-corrected chi connectivity index (χ1v) is 5.88. The summed E-state index contributed by atoms with van der Waals surface area (Å²) in [6, 6.07) is -0.501. The lowest BCUT2D eigenvalue weighted by atomic mass is 9.99. The fraction of sp³-hybridized carbons (Fsp3) is 0.727. The van der Waals surface area contributed by atoms with Gasteiger partial charge in [0.05, 0.1) is 19.6 Å². The van der Waals surface area contributed by atoms with Gasteiger partial charge in [0.1, 0.15) is 0 Å². The average Bonchev–Trinajstić information content (AvgIpc) is 2.76. The number of methoxy groups -OCH3 is 1. The molecule has 3 atom stereocenters. The van der Waals surface area contributed by atoms with Crippen molar-refractivity contribution in [2.45, 2.75) is 13.0 Å². The van der Waals surface area contributed by atoms with Crippen LogP contribution in [-0.4, -0.2) is 65.9 Å². The number of ether oxygens (including phenoxy) is 1. The van der Waals surface area contributed by atoms with Crippen LogP contribution in [0.5, 0.6) is 0 Å². The summed E-state index contributed by atoms with van der Waals surface area (Å²) in [5.41, 5.74) is 0. The zero-order valence-corrected chi connectivity index (χ0v) is 10.8. The average molecular weight is 274 g/mol. The topological polar surface area (TPSA) is 116 Å². The standard InChI is InChI=1S/C11H18N2O6/c1-6-4-13(5-7(6)10(17)19-2)11(18)12-3-8(14)9(15)16/h6-8,14H,3-5H2,1-2H3,(H,12,18)(H,15,16). The molecule has 0 bridgehead atoms. The van der Waals surface area contributed by atoms with Crippen LogP contribution in [0.25, 0.3) is 0 Å². The van der Waals surface area contributed by atoms with Crippen molar-refractivity contribution in [3.63, 3.8) is 0 Å². The van der Waals surface area contributed by atoms with Crippen LogP contribution in [0.4, 0.5) is 4.79 Å². The van der Waals surface area contributed by atoms with Gasteiger partial charge >= 0.3 is 18.0 Å². The third kappa shape index (κ3) is 3.82. The maximum atomic E-state index is 11.7. The van der Waals surface area contributed by atoms with E-state index in [0.717, 1.165) is 0 Å². The molecule has 1 fully saturated rings. The number of likely N-dealkylation sites (tertiary alicyclic amines) is 1. The third-order valence-corrected chi connectivity index (χ3v) is 3.14. The zero-order valence-electron chi connectivity index (χ0n) is 10.8. The van der Waals surface area contributed by atoms with Gasteiger partial charge in [-0.25, -0.2) is 9.59 Å². The highest BCUT2D eigenvalue weighted by molar-refractivity contribution is 5.79. The van der Waals surface area contributed by atoms with E-state index >= 15 is 0 Å². The molecule has 3 N–H and O–H groups in total. The first-order valence-electron chi connectivity index (χ1n) is 5.88. The highest BCUT2D eigenvalue weighted by atomic mass is 16.5. The number of aliphatic carboxylic acids is 1. The molecular weight excluding hydrogens is 256 g/mol. The van der Waals surface area contributed by atoms with Crippen molar-refractivity contribution in [3.05, 3.63) is 0 Å². The second kappa shape index (κ2) is 6.37. The number of urea groups is 1. The molecule has 8 heteroatoms. The monoisotopic (exact) mass is 274 g/mol. The number of nitrogens with one attached hydrogen (secondary N) is 1. The highest BCUT2D eigenvalue weighted by Crippen LogP contribution is 2.23. The van der Waals surface area contributed by atoms with E-state index in [2.05, 4.69) is 10.1 Å². The van der Waals surface area contributed by atoms with Gasteiger partial charge in [-0.05, 0) is 5.92 Å². The van der Waals surface area contributed by atoms with E-state index in [4.69, 9.17) is 10.2 Å². The quantitative estimate of drug-likeness (QED) is 0.559. The number of carbonyl (C=O) groups excluding carboxylic acids is 2. The normalized spacial score (nSPS) is 23.8. The van der Waals surface area contributed by atoms with E-state index in [-0.39, 0.29) is 30.9 Å². The molecule has 1 heterocycles. The number of amides is 2. The predicted octanol–water partition coefficient (Wildman–Crippen LogP) is -1.12. The fourth-order valence-electron chi connectivity index (χ4n) is 1.97. The minimum atomic E-state index is -1.64. The summed E-state index contributed by atoms with van der Waals surface area (Å²) in [5, 5.41) is 19.8. The Hall–Kier alpha value is -1.83. The van der Waals surface area contributed by atoms with E-state index in [1.165, 1.54) is 12.0 Å². The van der Waals surface area contributed by atoms with Crippen molar-refractivity contribution < 1.29 is 29.3 Å². The maximum Gasteiger partial charge on any atom is 0.334 e. The lowest BCUT2D eigenvalue weighted by Crippen LogP contribution is -2.43. The van der Waals surface area contributed by atoms with Crippen molar-refractivity contribution in [2.24, 2.45) is 11.8 Å². The van der Waals surface area contributed by atoms with Crippen LogP contribution in [0.3, 0.4) is 0 Å². The first kappa shape index (κ1) is 15.2. The van der Waals surface area contributed by atoms with Crippen LogP contribution in [0.1, 0.15) is 6.92 Å². The van der Waals surface area contributed by atoms with Crippen LogP contribution in [0, 0.1) is 11.8 Å². The molecule has 0 aliphatic carbocycles. The molecule has 0 saturated carbocycles. The summed E-state index contributed by atoms with van der Waals surface area (Å²) < 4.78 is 4.65. The van der Waals surface area contributed by atoms with E-state index in [1.54, 1.807) is 0 Å². The number of aliphatic hydroxyl groups excluding tert-OH is 1. The molecule has 0 aromatic carbocycles. The predicted molar refractivity (Wildman–Crippen MR) is 63.3 cm³/mol. The van der Waals surface area contributed by atoms with Crippen molar-refractivity contribution in [3.8, 4) is 0 Å². The van der Waals surface area contributed by atoms with Crippen molar-refractivity contribution in [1.82, 2.24) is 10.2 Å². The molecule has 1 rings (SSSR count). The van der Waals surface area contributed by atoms with E-state index in [1.807, 2.05) is 6.92 Å². The molecule has 1 aliphatic heterocycles. The molecule has 0 aromatic heterocycles. The van der Waals surface area contributed by atoms with Gasteiger partial charge in [0, 0.05) is 13.1 Å². The number of nitrogens with zero attached hydrogens (tertiary/aromatic N) is 1. The SMILES string of the molecule is COC(=O)C1CN(C(=O)NCC(O)C(=O)O)CC1C. The van der Waals surface area contributed by atoms with Crippen LogP contribution in [-0.2, 0) is 14.3 Å². The molecule has 1 saturated heterocycles. The van der Waals surface area contributed by atoms with Gasteiger partial charge in [-0.15, -0.1) is 0 Å². The number of carbonyl (C=O) groups is 3. The Balaban J connectivity index is 2.47. The highest BCUT2D eigenvalue weighted by Gasteiger charge is 2.37. The van der Waals surface area contributed by atoms with Gasteiger partial charge in [0.25, 0.3) is 0 Å². The first-order chi connectivity index (χ1) is 8.86. The summed E-state index contributed by atoms with van der Waals surface area (Å²) in [6.45, 7) is 2.07. The van der Waals surface area contributed by atoms with Crippen LogP contribution >= 0.6 is 0 Å². The summed E-state index contributed by atoms with van der Waals surface area (Å²) >= 11 is 0. The van der Waals surface area contributed by atoms with E-state index < -0.39 is 18.1 Å². The van der Waals surface area contributed by atoms with Crippen LogP contribution < -0.4 is 5.32 Å². The Labute approximate surface area is 110 Å². The third-order valence-electron chi connectivity index (χ3n) is 3.14. The number of rotatable bonds is 4. The Kier molecular flexibility index (Phi) is 5.11.